The van der Waals surface area contributed by atoms with Gasteiger partial charge in [-0.25, -0.2) is 9.59 Å². The van der Waals surface area contributed by atoms with Crippen molar-refractivity contribution in [3.05, 3.63) is 0 Å². The van der Waals surface area contributed by atoms with E-state index in [2.05, 4.69) is 112 Å². The molecule has 12 aliphatic rings. The highest BCUT2D eigenvalue weighted by Crippen LogP contribution is 2.50. The Morgan fingerprint density at radius 1 is 0.467 bits per heavy atom. The number of Topliss-reactive ketones (excluding diaryl/α,β-unsaturated/α-hetero) is 1. The van der Waals surface area contributed by atoms with E-state index in [4.69, 9.17) is 95.7 Å². The Balaban J connectivity index is 0.000000150. The summed E-state index contributed by atoms with van der Waals surface area (Å²) < 4.78 is 104. The van der Waals surface area contributed by atoms with Crippen LogP contribution in [0.3, 0.4) is 0 Å². The average Bonchev–Trinajstić information content (AvgIpc) is 1.63. The summed E-state index contributed by atoms with van der Waals surface area (Å²) >= 11 is 6.15. The molecule has 12 fully saturated rings. The van der Waals surface area contributed by atoms with Crippen LogP contribution in [0.1, 0.15) is 143 Å². The number of hydrogen-bond acceptors (Lipinski definition) is 24. The lowest BCUT2D eigenvalue weighted by molar-refractivity contribution is -0.295. The first-order valence-corrected chi connectivity index (χ1v) is 41.2. The molecule has 12 rings (SSSR count). The van der Waals surface area contributed by atoms with Crippen LogP contribution in [-0.2, 0) is 99.0 Å². The first-order chi connectivity index (χ1) is 40.8. The molecule has 12 aliphatic heterocycles. The van der Waals surface area contributed by atoms with Crippen LogP contribution in [0.15, 0.2) is 0 Å². The third-order valence-corrected chi connectivity index (χ3v) is 33.5. The van der Waals surface area contributed by atoms with Crippen LogP contribution in [0.2, 0.25) is 54.4 Å². The van der Waals surface area contributed by atoms with E-state index in [0.29, 0.717) is 31.1 Å². The molecule has 0 aromatic rings. The standard InChI is InChI=1S/C17H30O6Si.C16H29NO6Si.C11H14O6.C10H15NO6.C6H15ClSi/c1-15(2,3)24(6,7)23-14-13-11(20-16(4,5)22-13)10-19-17(14)9-8-12(18)21-17;1-14(2,3)24(6,7)23-12-11-10(20-15(4,5)21-11)8-19-16(12)9-17-13(18)22-16;1-10(2)15-6-5-14-11(4-3-7(12)16-11)9(13)8(6)17-10;1-9(2)15-5-3-14-10(4-11-8(13)17-10)7(12)6(5)16-9;1-6(2,3)8(4,5)7/h11,13-14H,8-10H2,1-7H3;10-12H,8-9H2,1-7H3,(H,17,18);6,8H,3-5H2,1-2H3;5-7,12H,3-4H2,1-2H3,(H,11,13);1-5H3/t11-,13?,14+,17+;10-,11?,12+,16+;6-,8?,11+;5-,6?,7+,10+;/m1111./s1. The zero-order valence-corrected chi connectivity index (χ0v) is 60.9. The Morgan fingerprint density at radius 2 is 0.833 bits per heavy atom. The van der Waals surface area contributed by atoms with E-state index in [-0.39, 0.29) is 91.5 Å². The van der Waals surface area contributed by atoms with Gasteiger partial charge in [-0.1, -0.05) is 75.4 Å². The topological polar surface area (TPSA) is 296 Å². The van der Waals surface area contributed by atoms with Crippen molar-refractivity contribution in [2.45, 2.75) is 311 Å². The predicted molar refractivity (Wildman–Crippen MR) is 328 cm³/mol. The zero-order chi connectivity index (χ0) is 67.5. The van der Waals surface area contributed by atoms with Crippen molar-refractivity contribution in [1.29, 1.82) is 0 Å². The highest BCUT2D eigenvalue weighted by Gasteiger charge is 2.67. The molecule has 0 bridgehead atoms. The number of aliphatic hydroxyl groups excluding tert-OH is 1. The second-order valence-corrected chi connectivity index (χ2v) is 48.3. The Kier molecular flexibility index (Phi) is 20.2. The number of esters is 2. The Bertz CT molecular complexity index is 2570. The number of nitrogens with one attached hydrogen (secondary N) is 2. The summed E-state index contributed by atoms with van der Waals surface area (Å²) in [6, 6.07) is 0. The molecule has 90 heavy (non-hydrogen) atoms. The largest absolute Gasteiger partial charge is 0.430 e. The molecule has 3 N–H and O–H groups in total. The maximum atomic E-state index is 12.3. The molecule has 0 saturated carbocycles. The lowest BCUT2D eigenvalue weighted by atomic mass is 9.95. The van der Waals surface area contributed by atoms with Crippen molar-refractivity contribution >= 4 is 65.0 Å². The number of ether oxygens (including phenoxy) is 16. The van der Waals surface area contributed by atoms with Gasteiger partial charge in [0.05, 0.1) is 52.4 Å². The molecule has 2 amide bonds. The number of aliphatic hydroxyl groups is 1. The van der Waals surface area contributed by atoms with Crippen molar-refractivity contribution in [2.75, 3.05) is 39.5 Å². The van der Waals surface area contributed by atoms with Crippen molar-refractivity contribution in [1.82, 2.24) is 10.6 Å². The minimum Gasteiger partial charge on any atom is -0.430 e. The fourth-order valence-corrected chi connectivity index (χ4v) is 14.1. The van der Waals surface area contributed by atoms with Crippen molar-refractivity contribution in [2.24, 2.45) is 0 Å². The van der Waals surface area contributed by atoms with Gasteiger partial charge in [-0.2, -0.15) is 11.1 Å². The number of alkyl carbamates (subject to hydrolysis) is 2. The van der Waals surface area contributed by atoms with Gasteiger partial charge < -0.3 is 100 Å². The van der Waals surface area contributed by atoms with Crippen molar-refractivity contribution in [3.8, 4) is 0 Å². The van der Waals surface area contributed by atoms with Crippen LogP contribution in [0.4, 0.5) is 9.59 Å². The van der Waals surface area contributed by atoms with E-state index < -0.39 is 125 Å². The second kappa shape index (κ2) is 24.9. The summed E-state index contributed by atoms with van der Waals surface area (Å²) in [7, 11) is -5.66. The monoisotopic (exact) mass is 1350 g/mol. The first kappa shape index (κ1) is 73.3. The van der Waals surface area contributed by atoms with Crippen LogP contribution < -0.4 is 10.6 Å². The predicted octanol–water partition coefficient (Wildman–Crippen LogP) is 8.03. The maximum Gasteiger partial charge on any atom is 0.410 e. The van der Waals surface area contributed by atoms with E-state index in [0.717, 1.165) is 0 Å². The molecule has 0 aromatic carbocycles. The van der Waals surface area contributed by atoms with E-state index in [1.165, 1.54) is 0 Å². The summed E-state index contributed by atoms with van der Waals surface area (Å²) in [5.41, 5.74) is 0. The zero-order valence-electron chi connectivity index (χ0n) is 57.1. The molecule has 15 atom stereocenters. The lowest BCUT2D eigenvalue weighted by Crippen LogP contribution is -2.65. The summed E-state index contributed by atoms with van der Waals surface area (Å²) in [4.78, 5) is 58.0. The van der Waals surface area contributed by atoms with Gasteiger partial charge in [0.2, 0.25) is 11.6 Å². The Morgan fingerprint density at radius 3 is 1.23 bits per heavy atom. The van der Waals surface area contributed by atoms with E-state index >= 15 is 0 Å². The molecule has 26 nitrogen and oxygen atoms in total. The SMILES string of the molecule is CC(C)(C)[Si](C)(C)Cl.CC1(C)OC2C(=O)[C@@]3(CCC(=O)O3)OC[C@H]2O1.CC1(C)OC2[C@@H](CO[C@]3(CCC(=O)O3)[C@H]2O[Si](C)(C)C(C)(C)C)O1.CC1(C)OC2[C@@H](CO[C@]3(CNC(=O)O3)[C@H]2O)O1.CC1(C)OC2[C@@H](CO[C@]3(CNC(=O)O3)[C@H]2O[Si](C)(C)C(C)(C)C)O1. The van der Waals surface area contributed by atoms with Crippen LogP contribution in [0.5, 0.6) is 0 Å². The van der Waals surface area contributed by atoms with Gasteiger partial charge in [0, 0.05) is 12.8 Å². The van der Waals surface area contributed by atoms with Crippen molar-refractivity contribution < 1.29 is 114 Å². The molecule has 516 valence electrons. The number of carbonyl (C=O) groups is 5. The summed E-state index contributed by atoms with van der Waals surface area (Å²) in [6.45, 7) is 48.7. The molecular formula is C60H103ClN2O24Si3. The normalized spacial score (nSPS) is 39.3. The molecule has 0 radical (unpaired) electrons. The number of ketones is 1. The van der Waals surface area contributed by atoms with Gasteiger partial charge in [0.25, 0.3) is 17.4 Å². The fraction of sp³-hybridized carbons (Fsp3) is 0.917. The third kappa shape index (κ3) is 15.5. The molecule has 0 aliphatic carbocycles. The lowest BCUT2D eigenvalue weighted by Gasteiger charge is -2.48. The Labute approximate surface area is 537 Å². The van der Waals surface area contributed by atoms with Gasteiger partial charge in [-0.3, -0.25) is 14.4 Å². The number of carbonyl (C=O) groups excluding carboxylic acids is 5. The minimum absolute atomic E-state index is 0.00611. The van der Waals surface area contributed by atoms with Crippen molar-refractivity contribution in [3.63, 3.8) is 0 Å². The van der Waals surface area contributed by atoms with E-state index in [1.807, 2.05) is 27.7 Å². The highest BCUT2D eigenvalue weighted by molar-refractivity contribution is 7.20. The number of hydrogen-bond donors (Lipinski definition) is 3. The molecule has 4 unspecified atom stereocenters. The first-order valence-electron chi connectivity index (χ1n) is 31.4. The molecule has 12 heterocycles. The average molecular weight is 1360 g/mol. The van der Waals surface area contributed by atoms with Crippen LogP contribution in [0.25, 0.3) is 0 Å². The molecule has 12 saturated heterocycles. The van der Waals surface area contributed by atoms with Crippen LogP contribution in [-0.4, -0.2) is 212 Å². The number of fused-ring (bicyclic) bond motifs is 4. The maximum absolute atomic E-state index is 12.3. The van der Waals surface area contributed by atoms with Gasteiger partial charge in [0.15, 0.2) is 59.4 Å². The highest BCUT2D eigenvalue weighted by atomic mass is 35.6. The number of amides is 2. The van der Waals surface area contributed by atoms with Crippen LogP contribution >= 0.6 is 11.1 Å². The molecule has 0 aromatic heterocycles. The van der Waals surface area contributed by atoms with Gasteiger partial charge in [-0.15, -0.1) is 0 Å². The van der Waals surface area contributed by atoms with E-state index in [1.54, 1.807) is 27.7 Å². The third-order valence-electron chi connectivity index (χ3n) is 19.3. The molecule has 30 heteroatoms. The summed E-state index contributed by atoms with van der Waals surface area (Å²) in [6.07, 6.45) is -4.93. The number of halogens is 1. The fourth-order valence-electron chi connectivity index (χ4n) is 11.4. The van der Waals surface area contributed by atoms with E-state index in [9.17, 15) is 29.1 Å². The molecular weight excluding hydrogens is 1250 g/mol. The molecule has 4 spiro atoms. The minimum atomic E-state index is -2.15. The number of rotatable bonds is 4. The smallest absolute Gasteiger partial charge is 0.410 e. The van der Waals surface area contributed by atoms with Crippen LogP contribution in [0, 0.1) is 0 Å². The quantitative estimate of drug-likeness (QED) is 0.104. The van der Waals surface area contributed by atoms with Gasteiger partial charge >= 0.3 is 24.1 Å². The second-order valence-electron chi connectivity index (χ2n) is 31.5. The van der Waals surface area contributed by atoms with Gasteiger partial charge in [0.1, 0.15) is 54.9 Å². The Hall–Kier alpha value is -2.51. The summed E-state index contributed by atoms with van der Waals surface area (Å²) in [5.74, 6) is -8.93. The summed E-state index contributed by atoms with van der Waals surface area (Å²) in [5, 5.41) is 15.8. The van der Waals surface area contributed by atoms with Gasteiger partial charge in [-0.05, 0) is 96.7 Å².